The van der Waals surface area contributed by atoms with Gasteiger partial charge in [0.05, 0.1) is 22.5 Å². The van der Waals surface area contributed by atoms with Crippen molar-refractivity contribution in [2.45, 2.75) is 0 Å². The van der Waals surface area contributed by atoms with E-state index < -0.39 is 80.4 Å². The maximum Gasteiger partial charge on any atom is 0.200 e. The molecular formula is C22H6F10N2. The van der Waals surface area contributed by atoms with Crippen LogP contribution in [0, 0.1) is 58.2 Å². The fourth-order valence-corrected chi connectivity index (χ4v) is 3.17. The molecule has 0 atom stereocenters. The molecule has 2 heterocycles. The molecule has 0 bridgehead atoms. The van der Waals surface area contributed by atoms with Crippen LogP contribution in [0.5, 0.6) is 0 Å². The van der Waals surface area contributed by atoms with Crippen molar-refractivity contribution in [2.75, 3.05) is 0 Å². The molecule has 12 heteroatoms. The lowest BCUT2D eigenvalue weighted by molar-refractivity contribution is 0.381. The number of benzene rings is 2. The molecule has 4 rings (SSSR count). The molecule has 0 amide bonds. The molecule has 0 aliphatic carbocycles. The minimum atomic E-state index is -2.36. The van der Waals surface area contributed by atoms with E-state index in [2.05, 4.69) is 9.97 Å². The number of hydrogen-bond acceptors (Lipinski definition) is 2. The Balaban J connectivity index is 1.87. The van der Waals surface area contributed by atoms with E-state index in [1.807, 2.05) is 0 Å². The van der Waals surface area contributed by atoms with Gasteiger partial charge in [-0.15, -0.1) is 0 Å². The van der Waals surface area contributed by atoms with Crippen LogP contribution in [-0.2, 0) is 0 Å². The Morgan fingerprint density at radius 1 is 0.382 bits per heavy atom. The summed E-state index contributed by atoms with van der Waals surface area (Å²) in [5.41, 5.74) is -4.10. The van der Waals surface area contributed by atoms with Gasteiger partial charge in [0.15, 0.2) is 46.5 Å². The zero-order valence-corrected chi connectivity index (χ0v) is 16.1. The highest BCUT2D eigenvalue weighted by atomic mass is 19.2. The van der Waals surface area contributed by atoms with Gasteiger partial charge in [-0.25, -0.2) is 43.9 Å². The topological polar surface area (TPSA) is 25.8 Å². The van der Waals surface area contributed by atoms with Gasteiger partial charge in [-0.1, -0.05) is 0 Å². The van der Waals surface area contributed by atoms with Gasteiger partial charge in [0.25, 0.3) is 0 Å². The Labute approximate surface area is 183 Å². The first kappa shape index (κ1) is 23.2. The molecule has 0 saturated carbocycles. The van der Waals surface area contributed by atoms with E-state index in [-0.39, 0.29) is 11.4 Å². The fraction of sp³-hybridized carbons (Fsp3) is 0. The Bertz CT molecular complexity index is 1300. The molecule has 0 aliphatic rings. The normalized spacial score (nSPS) is 11.2. The molecular weight excluding hydrogens is 482 g/mol. The zero-order valence-electron chi connectivity index (χ0n) is 16.1. The standard InChI is InChI=1S/C22H6F10N2/c23-13-11(14(24)18(28)21(31)17(13)27)7-1-3-33-9(5-7)10-6-8(2-4-34-10)12-15(25)19(29)22(32)20(30)16(12)26/h1-6H. The third kappa shape index (κ3) is 3.55. The molecule has 2 aromatic heterocycles. The summed E-state index contributed by atoms with van der Waals surface area (Å²) in [6, 6.07) is 3.58. The molecule has 0 radical (unpaired) electrons. The maximum atomic E-state index is 14.2. The summed E-state index contributed by atoms with van der Waals surface area (Å²) in [6.07, 6.45) is 1.85. The average molecular weight is 488 g/mol. The summed E-state index contributed by atoms with van der Waals surface area (Å²) in [5.74, 6) is -21.9. The highest BCUT2D eigenvalue weighted by Crippen LogP contribution is 2.35. The summed E-state index contributed by atoms with van der Waals surface area (Å²) in [6.45, 7) is 0. The van der Waals surface area contributed by atoms with Crippen molar-refractivity contribution in [1.29, 1.82) is 0 Å². The molecule has 174 valence electrons. The lowest BCUT2D eigenvalue weighted by atomic mass is 10.0. The van der Waals surface area contributed by atoms with Crippen LogP contribution in [0.1, 0.15) is 0 Å². The van der Waals surface area contributed by atoms with Crippen LogP contribution in [0.2, 0.25) is 0 Å². The van der Waals surface area contributed by atoms with E-state index >= 15 is 0 Å². The van der Waals surface area contributed by atoms with Gasteiger partial charge >= 0.3 is 0 Å². The van der Waals surface area contributed by atoms with Crippen LogP contribution < -0.4 is 0 Å². The second kappa shape index (κ2) is 8.43. The van der Waals surface area contributed by atoms with Gasteiger partial charge < -0.3 is 0 Å². The van der Waals surface area contributed by atoms with E-state index in [1.165, 1.54) is 0 Å². The van der Waals surface area contributed by atoms with Gasteiger partial charge in [0.2, 0.25) is 11.6 Å². The monoisotopic (exact) mass is 488 g/mol. The van der Waals surface area contributed by atoms with Gasteiger partial charge in [0.1, 0.15) is 0 Å². The SMILES string of the molecule is Fc1c(F)c(F)c(-c2ccnc(-c3cc(-c4c(F)c(F)c(F)c(F)c4F)ccn3)c2)c(F)c1F. The maximum absolute atomic E-state index is 14.2. The van der Waals surface area contributed by atoms with Gasteiger partial charge in [-0.05, 0) is 35.4 Å². The molecule has 2 aromatic carbocycles. The number of pyridine rings is 2. The predicted octanol–water partition coefficient (Wildman–Crippen LogP) is 6.87. The molecule has 0 aliphatic heterocycles. The number of nitrogens with zero attached hydrogens (tertiary/aromatic N) is 2. The number of halogens is 10. The third-order valence-corrected chi connectivity index (χ3v) is 4.78. The average Bonchev–Trinajstić information content (AvgIpc) is 2.84. The minimum absolute atomic E-state index is 0.271. The largest absolute Gasteiger partial charge is 0.255 e. The van der Waals surface area contributed by atoms with Crippen molar-refractivity contribution in [3.05, 3.63) is 94.8 Å². The van der Waals surface area contributed by atoms with Gasteiger partial charge in [0, 0.05) is 12.4 Å². The number of rotatable bonds is 3. The van der Waals surface area contributed by atoms with Crippen molar-refractivity contribution in [3.63, 3.8) is 0 Å². The second-order valence-corrected chi connectivity index (χ2v) is 6.75. The molecule has 0 unspecified atom stereocenters. The smallest absolute Gasteiger partial charge is 0.200 e. The van der Waals surface area contributed by atoms with Gasteiger partial charge in [-0.2, -0.15) is 0 Å². The molecule has 4 aromatic rings. The quantitative estimate of drug-likeness (QED) is 0.179. The van der Waals surface area contributed by atoms with Crippen LogP contribution in [0.15, 0.2) is 36.7 Å². The van der Waals surface area contributed by atoms with Crippen molar-refractivity contribution < 1.29 is 43.9 Å². The lowest BCUT2D eigenvalue weighted by Gasteiger charge is -2.11. The van der Waals surface area contributed by atoms with Crippen LogP contribution in [-0.4, -0.2) is 9.97 Å². The highest BCUT2D eigenvalue weighted by Gasteiger charge is 2.28. The lowest BCUT2D eigenvalue weighted by Crippen LogP contribution is -2.05. The third-order valence-electron chi connectivity index (χ3n) is 4.78. The van der Waals surface area contributed by atoms with Crippen molar-refractivity contribution in [2.24, 2.45) is 0 Å². The summed E-state index contributed by atoms with van der Waals surface area (Å²) in [5, 5.41) is 0. The first-order valence-electron chi connectivity index (χ1n) is 9.00. The zero-order chi connectivity index (χ0) is 24.9. The Hall–Kier alpha value is -3.96. The molecule has 0 spiro atoms. The van der Waals surface area contributed by atoms with Crippen LogP contribution in [0.25, 0.3) is 33.6 Å². The summed E-state index contributed by atoms with van der Waals surface area (Å²) in [7, 11) is 0. The Kier molecular flexibility index (Phi) is 5.75. The highest BCUT2D eigenvalue weighted by molar-refractivity contribution is 5.74. The summed E-state index contributed by atoms with van der Waals surface area (Å²) in [4.78, 5) is 7.64. The van der Waals surface area contributed by atoms with E-state index in [0.29, 0.717) is 0 Å². The van der Waals surface area contributed by atoms with E-state index in [9.17, 15) is 43.9 Å². The molecule has 0 fully saturated rings. The molecule has 2 nitrogen and oxygen atoms in total. The predicted molar refractivity (Wildman–Crippen MR) is 97.9 cm³/mol. The Morgan fingerprint density at radius 3 is 0.941 bits per heavy atom. The van der Waals surface area contributed by atoms with E-state index in [4.69, 9.17) is 0 Å². The Morgan fingerprint density at radius 2 is 0.647 bits per heavy atom. The van der Waals surface area contributed by atoms with E-state index in [1.54, 1.807) is 0 Å². The van der Waals surface area contributed by atoms with Crippen LogP contribution in [0.4, 0.5) is 43.9 Å². The minimum Gasteiger partial charge on any atom is -0.255 e. The molecule has 0 saturated heterocycles. The molecule has 0 N–H and O–H groups in total. The fourth-order valence-electron chi connectivity index (χ4n) is 3.17. The molecule has 34 heavy (non-hydrogen) atoms. The van der Waals surface area contributed by atoms with Crippen LogP contribution in [0.3, 0.4) is 0 Å². The summed E-state index contributed by atoms with van der Waals surface area (Å²) >= 11 is 0. The van der Waals surface area contributed by atoms with Crippen molar-refractivity contribution >= 4 is 0 Å². The second-order valence-electron chi connectivity index (χ2n) is 6.75. The van der Waals surface area contributed by atoms with Gasteiger partial charge in [-0.3, -0.25) is 9.97 Å². The van der Waals surface area contributed by atoms with Crippen LogP contribution >= 0.6 is 0 Å². The first-order chi connectivity index (χ1) is 16.0. The van der Waals surface area contributed by atoms with Crippen molar-refractivity contribution in [1.82, 2.24) is 9.97 Å². The van der Waals surface area contributed by atoms with Crippen molar-refractivity contribution in [3.8, 4) is 33.6 Å². The first-order valence-corrected chi connectivity index (χ1v) is 9.00. The number of hydrogen-bond donors (Lipinski definition) is 0. The number of aromatic nitrogens is 2. The van der Waals surface area contributed by atoms with E-state index in [0.717, 1.165) is 36.7 Å². The summed E-state index contributed by atoms with van der Waals surface area (Å²) < 4.78 is 138.